The number of hydrogen-bond donors (Lipinski definition) is 1. The minimum Gasteiger partial charge on any atom is -0.496 e. The van der Waals surface area contributed by atoms with Gasteiger partial charge in [0, 0.05) is 11.6 Å². The van der Waals surface area contributed by atoms with Gasteiger partial charge in [-0.2, -0.15) is 0 Å². The zero-order valence-corrected chi connectivity index (χ0v) is 11.9. The molecule has 0 spiro atoms. The van der Waals surface area contributed by atoms with E-state index in [1.165, 1.54) is 11.8 Å². The third-order valence-corrected chi connectivity index (χ3v) is 4.20. The molecule has 2 N–H and O–H groups in total. The van der Waals surface area contributed by atoms with Crippen molar-refractivity contribution >= 4 is 11.8 Å². The minimum absolute atomic E-state index is 0.00759. The lowest BCUT2D eigenvalue weighted by atomic mass is 10.0. The maximum atomic E-state index is 6.24. The number of thioether (sulfide) groups is 1. The summed E-state index contributed by atoms with van der Waals surface area (Å²) in [5.74, 6) is 0.843. The summed E-state index contributed by atoms with van der Waals surface area (Å²) < 4.78 is 10.7. The zero-order chi connectivity index (χ0) is 13.7. The summed E-state index contributed by atoms with van der Waals surface area (Å²) in [5, 5.41) is 0.680. The highest BCUT2D eigenvalue weighted by atomic mass is 32.2. The SMILES string of the molecule is CCC(N)C(Sc1ncco1)c1ccccc1OC. The van der Waals surface area contributed by atoms with Crippen LogP contribution in [0.25, 0.3) is 0 Å². The Morgan fingerprint density at radius 3 is 2.84 bits per heavy atom. The van der Waals surface area contributed by atoms with E-state index in [-0.39, 0.29) is 11.3 Å². The molecule has 1 aromatic heterocycles. The number of nitrogens with zero attached hydrogens (tertiary/aromatic N) is 1. The van der Waals surface area contributed by atoms with E-state index in [0.29, 0.717) is 5.22 Å². The topological polar surface area (TPSA) is 61.3 Å². The van der Waals surface area contributed by atoms with Gasteiger partial charge in [-0.1, -0.05) is 36.9 Å². The van der Waals surface area contributed by atoms with Gasteiger partial charge in [0.05, 0.1) is 18.6 Å². The Morgan fingerprint density at radius 1 is 1.42 bits per heavy atom. The molecule has 0 aliphatic rings. The maximum absolute atomic E-state index is 6.24. The third kappa shape index (κ3) is 3.30. The van der Waals surface area contributed by atoms with E-state index >= 15 is 0 Å². The summed E-state index contributed by atoms with van der Waals surface area (Å²) in [7, 11) is 1.67. The number of benzene rings is 1. The fourth-order valence-electron chi connectivity index (χ4n) is 1.87. The highest BCUT2D eigenvalue weighted by molar-refractivity contribution is 7.99. The maximum Gasteiger partial charge on any atom is 0.256 e. The van der Waals surface area contributed by atoms with Crippen molar-refractivity contribution in [3.05, 3.63) is 42.3 Å². The Kier molecular flexibility index (Phi) is 4.87. The highest BCUT2D eigenvalue weighted by Gasteiger charge is 2.24. The first-order chi connectivity index (χ1) is 9.26. The van der Waals surface area contributed by atoms with Crippen LogP contribution in [0.2, 0.25) is 0 Å². The molecule has 0 fully saturated rings. The van der Waals surface area contributed by atoms with E-state index in [0.717, 1.165) is 17.7 Å². The third-order valence-electron chi connectivity index (χ3n) is 2.94. The van der Waals surface area contributed by atoms with Crippen molar-refractivity contribution in [2.75, 3.05) is 7.11 Å². The van der Waals surface area contributed by atoms with E-state index in [4.69, 9.17) is 14.9 Å². The van der Waals surface area contributed by atoms with Gasteiger partial charge in [-0.25, -0.2) is 4.98 Å². The Hall–Kier alpha value is -1.46. The van der Waals surface area contributed by atoms with Gasteiger partial charge in [-0.05, 0) is 12.5 Å². The molecular formula is C14H18N2O2S. The predicted octanol–water partition coefficient (Wildman–Crippen LogP) is 3.25. The quantitative estimate of drug-likeness (QED) is 0.822. The van der Waals surface area contributed by atoms with Gasteiger partial charge in [0.1, 0.15) is 12.0 Å². The fourth-order valence-corrected chi connectivity index (χ4v) is 3.01. The Balaban J connectivity index is 2.31. The van der Waals surface area contributed by atoms with E-state index < -0.39 is 0 Å². The largest absolute Gasteiger partial charge is 0.496 e. The molecule has 0 saturated heterocycles. The van der Waals surface area contributed by atoms with Gasteiger partial charge in [-0.3, -0.25) is 0 Å². The summed E-state index contributed by atoms with van der Waals surface area (Å²) in [6.07, 6.45) is 4.08. The first-order valence-electron chi connectivity index (χ1n) is 6.21. The number of methoxy groups -OCH3 is 1. The van der Waals surface area contributed by atoms with Crippen molar-refractivity contribution in [2.45, 2.75) is 29.9 Å². The first kappa shape index (κ1) is 14.0. The summed E-state index contributed by atoms with van der Waals surface area (Å²) >= 11 is 1.53. The molecule has 1 heterocycles. The molecular weight excluding hydrogens is 260 g/mol. The lowest BCUT2D eigenvalue weighted by Crippen LogP contribution is -2.26. The zero-order valence-electron chi connectivity index (χ0n) is 11.1. The average molecular weight is 278 g/mol. The van der Waals surface area contributed by atoms with Crippen LogP contribution in [-0.2, 0) is 0 Å². The molecule has 1 aromatic carbocycles. The number of para-hydroxylation sites is 1. The number of rotatable bonds is 6. The molecule has 102 valence electrons. The van der Waals surface area contributed by atoms with Crippen LogP contribution in [0.3, 0.4) is 0 Å². The van der Waals surface area contributed by atoms with Crippen molar-refractivity contribution in [2.24, 2.45) is 5.73 Å². The minimum atomic E-state index is 0.00759. The molecule has 2 atom stereocenters. The van der Waals surface area contributed by atoms with Gasteiger partial charge in [0.25, 0.3) is 5.22 Å². The van der Waals surface area contributed by atoms with Crippen molar-refractivity contribution in [1.29, 1.82) is 0 Å². The van der Waals surface area contributed by atoms with Crippen LogP contribution in [0, 0.1) is 0 Å². The van der Waals surface area contributed by atoms with E-state index in [9.17, 15) is 0 Å². The Morgan fingerprint density at radius 2 is 2.21 bits per heavy atom. The summed E-state index contributed by atoms with van der Waals surface area (Å²) in [5.41, 5.74) is 7.32. The second-order valence-corrected chi connectivity index (χ2v) is 5.24. The second kappa shape index (κ2) is 6.63. The van der Waals surface area contributed by atoms with E-state index in [1.54, 1.807) is 19.6 Å². The lowest BCUT2D eigenvalue weighted by Gasteiger charge is -2.23. The van der Waals surface area contributed by atoms with Gasteiger partial charge in [0.2, 0.25) is 0 Å². The molecule has 0 aliphatic heterocycles. The molecule has 0 radical (unpaired) electrons. The number of oxazole rings is 1. The van der Waals surface area contributed by atoms with E-state index in [1.807, 2.05) is 24.3 Å². The summed E-state index contributed by atoms with van der Waals surface area (Å²) in [6.45, 7) is 2.07. The van der Waals surface area contributed by atoms with Crippen LogP contribution in [0.4, 0.5) is 0 Å². The summed E-state index contributed by atoms with van der Waals surface area (Å²) in [4.78, 5) is 4.15. The molecule has 2 unspecified atom stereocenters. The van der Waals surface area contributed by atoms with Crippen LogP contribution >= 0.6 is 11.8 Å². The molecule has 4 nitrogen and oxygen atoms in total. The van der Waals surface area contributed by atoms with Gasteiger partial charge >= 0.3 is 0 Å². The van der Waals surface area contributed by atoms with Gasteiger partial charge in [0.15, 0.2) is 0 Å². The fraction of sp³-hybridized carbons (Fsp3) is 0.357. The molecule has 19 heavy (non-hydrogen) atoms. The molecule has 0 amide bonds. The van der Waals surface area contributed by atoms with Crippen molar-refractivity contribution in [3.63, 3.8) is 0 Å². The Labute approximate surface area is 117 Å². The molecule has 2 aromatic rings. The first-order valence-corrected chi connectivity index (χ1v) is 7.08. The van der Waals surface area contributed by atoms with Gasteiger partial charge in [-0.15, -0.1) is 0 Å². The van der Waals surface area contributed by atoms with Crippen molar-refractivity contribution in [1.82, 2.24) is 4.98 Å². The Bertz CT molecular complexity index is 502. The molecule has 2 rings (SSSR count). The average Bonchev–Trinajstić information content (AvgIpc) is 2.97. The predicted molar refractivity (Wildman–Crippen MR) is 76.4 cm³/mol. The van der Waals surface area contributed by atoms with Crippen LogP contribution in [0.15, 0.2) is 46.4 Å². The highest BCUT2D eigenvalue weighted by Crippen LogP contribution is 2.41. The molecule has 0 saturated carbocycles. The normalized spacial score (nSPS) is 14.1. The number of aromatic nitrogens is 1. The second-order valence-electron chi connectivity index (χ2n) is 4.15. The van der Waals surface area contributed by atoms with E-state index in [2.05, 4.69) is 11.9 Å². The molecule has 0 aliphatic carbocycles. The van der Waals surface area contributed by atoms with Crippen molar-refractivity contribution in [3.8, 4) is 5.75 Å². The molecule has 0 bridgehead atoms. The van der Waals surface area contributed by atoms with Crippen LogP contribution in [0.1, 0.15) is 24.2 Å². The summed E-state index contributed by atoms with van der Waals surface area (Å²) in [6, 6.07) is 7.93. The van der Waals surface area contributed by atoms with Gasteiger partial charge < -0.3 is 14.9 Å². The van der Waals surface area contributed by atoms with Crippen LogP contribution in [0.5, 0.6) is 5.75 Å². The lowest BCUT2D eigenvalue weighted by molar-refractivity contribution is 0.406. The number of nitrogens with two attached hydrogens (primary N) is 1. The number of ether oxygens (including phenoxy) is 1. The van der Waals surface area contributed by atoms with Crippen molar-refractivity contribution < 1.29 is 9.15 Å². The number of hydrogen-bond acceptors (Lipinski definition) is 5. The standard InChI is InChI=1S/C14H18N2O2S/c1-3-11(15)13(19-14-16-8-9-18-14)10-6-4-5-7-12(10)17-2/h4-9,11,13H,3,15H2,1-2H3. The monoisotopic (exact) mass is 278 g/mol. The van der Waals surface area contributed by atoms with Crippen LogP contribution < -0.4 is 10.5 Å². The molecule has 5 heteroatoms. The van der Waals surface area contributed by atoms with Crippen LogP contribution in [-0.4, -0.2) is 18.1 Å². The smallest absolute Gasteiger partial charge is 0.256 e.